The molecule has 1 aliphatic rings. The number of carbonyl (C=O) groups excluding carboxylic acids is 1. The summed E-state index contributed by atoms with van der Waals surface area (Å²) in [5.74, 6) is 1.02. The minimum atomic E-state index is 0.188. The molecule has 1 amide bonds. The summed E-state index contributed by atoms with van der Waals surface area (Å²) in [5, 5.41) is 2.91. The normalized spacial score (nSPS) is 26.0. The van der Waals surface area contributed by atoms with Crippen LogP contribution in [0.1, 0.15) is 32.6 Å². The number of hydrogen-bond acceptors (Lipinski definition) is 2. The molecule has 0 atom stereocenters. The third-order valence-electron chi connectivity index (χ3n) is 3.12. The molecular formula is C12H22N2O. The predicted octanol–water partition coefficient (Wildman–Crippen LogP) is 1.44. The molecule has 1 aliphatic carbocycles. The zero-order chi connectivity index (χ0) is 11.3. The monoisotopic (exact) mass is 210 g/mol. The fraction of sp³-hybridized carbons (Fsp3) is 0.750. The molecule has 3 N–H and O–H groups in total. The highest BCUT2D eigenvalue weighted by Gasteiger charge is 2.25. The Balaban J connectivity index is 2.27. The summed E-state index contributed by atoms with van der Waals surface area (Å²) in [7, 11) is 0. The second-order valence-electron chi connectivity index (χ2n) is 4.63. The van der Waals surface area contributed by atoms with E-state index in [2.05, 4.69) is 11.9 Å². The molecule has 3 heteroatoms. The average molecular weight is 210 g/mol. The Labute approximate surface area is 92.1 Å². The van der Waals surface area contributed by atoms with Crippen LogP contribution in [-0.2, 0) is 4.79 Å². The molecule has 0 saturated heterocycles. The van der Waals surface area contributed by atoms with Crippen molar-refractivity contribution >= 4 is 5.91 Å². The molecule has 0 aromatic heterocycles. The second kappa shape index (κ2) is 5.91. The maximum atomic E-state index is 11.7. The van der Waals surface area contributed by atoms with E-state index in [0.29, 0.717) is 12.5 Å². The highest BCUT2D eigenvalue weighted by atomic mass is 16.1. The number of amides is 1. The van der Waals surface area contributed by atoms with Gasteiger partial charge in [-0.2, -0.15) is 0 Å². The first kappa shape index (κ1) is 12.2. The van der Waals surface area contributed by atoms with Gasteiger partial charge in [0.1, 0.15) is 0 Å². The highest BCUT2D eigenvalue weighted by Crippen LogP contribution is 2.28. The van der Waals surface area contributed by atoms with Gasteiger partial charge in [-0.1, -0.05) is 12.2 Å². The molecule has 1 rings (SSSR count). The maximum absolute atomic E-state index is 11.7. The van der Waals surface area contributed by atoms with Crippen LogP contribution >= 0.6 is 0 Å². The van der Waals surface area contributed by atoms with Crippen LogP contribution in [0.3, 0.4) is 0 Å². The quantitative estimate of drug-likeness (QED) is 0.690. The topological polar surface area (TPSA) is 55.1 Å². The molecule has 0 aromatic carbocycles. The number of nitrogens with two attached hydrogens (primary N) is 1. The molecule has 0 aromatic rings. The van der Waals surface area contributed by atoms with Crippen LogP contribution in [0.5, 0.6) is 0 Å². The molecule has 3 nitrogen and oxygen atoms in total. The van der Waals surface area contributed by atoms with E-state index in [-0.39, 0.29) is 11.8 Å². The largest absolute Gasteiger partial charge is 0.352 e. The van der Waals surface area contributed by atoms with Crippen LogP contribution in [0, 0.1) is 11.8 Å². The number of nitrogens with one attached hydrogen (secondary N) is 1. The molecule has 15 heavy (non-hydrogen) atoms. The first-order valence-corrected chi connectivity index (χ1v) is 5.75. The number of hydrogen-bond donors (Lipinski definition) is 2. The van der Waals surface area contributed by atoms with Gasteiger partial charge in [0, 0.05) is 12.5 Å². The first-order chi connectivity index (χ1) is 7.13. The molecule has 0 bridgehead atoms. The molecule has 0 radical (unpaired) electrons. The zero-order valence-corrected chi connectivity index (χ0v) is 9.59. The van der Waals surface area contributed by atoms with E-state index in [1.165, 1.54) is 0 Å². The smallest absolute Gasteiger partial charge is 0.223 e. The van der Waals surface area contributed by atoms with Gasteiger partial charge in [0.25, 0.3) is 0 Å². The maximum Gasteiger partial charge on any atom is 0.223 e. The molecule has 0 spiro atoms. The van der Waals surface area contributed by atoms with Gasteiger partial charge in [-0.3, -0.25) is 4.79 Å². The van der Waals surface area contributed by atoms with Crippen LogP contribution < -0.4 is 11.1 Å². The lowest BCUT2D eigenvalue weighted by Crippen LogP contribution is -2.34. The minimum absolute atomic E-state index is 0.188. The SMILES string of the molecule is C=C(C)CNC(=O)C1CCC(CN)CC1. The summed E-state index contributed by atoms with van der Waals surface area (Å²) < 4.78 is 0. The Morgan fingerprint density at radius 1 is 1.40 bits per heavy atom. The Bertz CT molecular complexity index is 230. The fourth-order valence-electron chi connectivity index (χ4n) is 2.04. The summed E-state index contributed by atoms with van der Waals surface area (Å²) in [4.78, 5) is 11.7. The van der Waals surface area contributed by atoms with E-state index in [1.54, 1.807) is 0 Å². The van der Waals surface area contributed by atoms with Gasteiger partial charge in [0.15, 0.2) is 0 Å². The molecular weight excluding hydrogens is 188 g/mol. The van der Waals surface area contributed by atoms with Crippen LogP contribution in [-0.4, -0.2) is 19.0 Å². The minimum Gasteiger partial charge on any atom is -0.352 e. The van der Waals surface area contributed by atoms with Crippen molar-refractivity contribution < 1.29 is 4.79 Å². The van der Waals surface area contributed by atoms with Gasteiger partial charge >= 0.3 is 0 Å². The Morgan fingerprint density at radius 3 is 2.47 bits per heavy atom. The van der Waals surface area contributed by atoms with Crippen molar-refractivity contribution in [2.75, 3.05) is 13.1 Å². The van der Waals surface area contributed by atoms with E-state index in [0.717, 1.165) is 37.8 Å². The molecule has 1 saturated carbocycles. The van der Waals surface area contributed by atoms with E-state index < -0.39 is 0 Å². The zero-order valence-electron chi connectivity index (χ0n) is 9.59. The van der Waals surface area contributed by atoms with E-state index in [4.69, 9.17) is 5.73 Å². The van der Waals surface area contributed by atoms with Crippen LogP contribution in [0.2, 0.25) is 0 Å². The summed E-state index contributed by atoms with van der Waals surface area (Å²) in [5.41, 5.74) is 6.61. The average Bonchev–Trinajstić information content (AvgIpc) is 2.26. The summed E-state index contributed by atoms with van der Waals surface area (Å²) in [6, 6.07) is 0. The molecule has 0 heterocycles. The van der Waals surface area contributed by atoms with Crippen molar-refractivity contribution in [3.8, 4) is 0 Å². The molecule has 0 aliphatic heterocycles. The molecule has 1 fully saturated rings. The predicted molar refractivity (Wildman–Crippen MR) is 62.3 cm³/mol. The lowest BCUT2D eigenvalue weighted by atomic mass is 9.81. The molecule has 86 valence electrons. The van der Waals surface area contributed by atoms with Gasteiger partial charge < -0.3 is 11.1 Å². The number of rotatable bonds is 4. The van der Waals surface area contributed by atoms with Crippen LogP contribution in [0.15, 0.2) is 12.2 Å². The standard InChI is InChI=1S/C12H22N2O/c1-9(2)8-14-12(15)11-5-3-10(7-13)4-6-11/h10-11H,1,3-8,13H2,2H3,(H,14,15). The van der Waals surface area contributed by atoms with Gasteiger partial charge in [0.2, 0.25) is 5.91 Å². The van der Waals surface area contributed by atoms with E-state index >= 15 is 0 Å². The van der Waals surface area contributed by atoms with Crippen molar-refractivity contribution in [3.63, 3.8) is 0 Å². The molecule has 0 unspecified atom stereocenters. The Morgan fingerprint density at radius 2 is 2.00 bits per heavy atom. The lowest BCUT2D eigenvalue weighted by Gasteiger charge is -2.26. The van der Waals surface area contributed by atoms with Crippen LogP contribution in [0.25, 0.3) is 0 Å². The van der Waals surface area contributed by atoms with E-state index in [9.17, 15) is 4.79 Å². The van der Waals surface area contributed by atoms with Crippen molar-refractivity contribution in [1.82, 2.24) is 5.32 Å². The van der Waals surface area contributed by atoms with Gasteiger partial charge in [-0.15, -0.1) is 0 Å². The highest BCUT2D eigenvalue weighted by molar-refractivity contribution is 5.78. The van der Waals surface area contributed by atoms with Crippen LogP contribution in [0.4, 0.5) is 0 Å². The first-order valence-electron chi connectivity index (χ1n) is 5.75. The third-order valence-corrected chi connectivity index (χ3v) is 3.12. The Kier molecular flexibility index (Phi) is 4.82. The van der Waals surface area contributed by atoms with Gasteiger partial charge in [0.05, 0.1) is 0 Å². The van der Waals surface area contributed by atoms with Gasteiger partial charge in [-0.05, 0) is 45.1 Å². The number of carbonyl (C=O) groups is 1. The summed E-state index contributed by atoms with van der Waals surface area (Å²) in [6.45, 7) is 7.06. The Hall–Kier alpha value is -0.830. The van der Waals surface area contributed by atoms with Crippen molar-refractivity contribution in [1.29, 1.82) is 0 Å². The third kappa shape index (κ3) is 4.04. The van der Waals surface area contributed by atoms with Crippen molar-refractivity contribution in [2.45, 2.75) is 32.6 Å². The summed E-state index contributed by atoms with van der Waals surface area (Å²) in [6.07, 6.45) is 4.18. The van der Waals surface area contributed by atoms with Crippen molar-refractivity contribution in [3.05, 3.63) is 12.2 Å². The summed E-state index contributed by atoms with van der Waals surface area (Å²) >= 11 is 0. The second-order valence-corrected chi connectivity index (χ2v) is 4.63. The van der Waals surface area contributed by atoms with Gasteiger partial charge in [-0.25, -0.2) is 0 Å². The van der Waals surface area contributed by atoms with Crippen molar-refractivity contribution in [2.24, 2.45) is 17.6 Å². The lowest BCUT2D eigenvalue weighted by molar-refractivity contribution is -0.126. The van der Waals surface area contributed by atoms with E-state index in [1.807, 2.05) is 6.92 Å². The fourth-order valence-corrected chi connectivity index (χ4v) is 2.04.